The summed E-state index contributed by atoms with van der Waals surface area (Å²) in [5.41, 5.74) is 1.21. The van der Waals surface area contributed by atoms with Crippen molar-refractivity contribution in [2.75, 3.05) is 5.32 Å². The molecule has 4 rings (SSSR count). The third-order valence-corrected chi connectivity index (χ3v) is 4.77. The van der Waals surface area contributed by atoms with Crippen molar-refractivity contribution >= 4 is 11.6 Å². The fraction of sp³-hybridized carbons (Fsp3) is 0.333. The molecule has 1 atom stereocenters. The lowest BCUT2D eigenvalue weighted by Crippen LogP contribution is -2.38. The van der Waals surface area contributed by atoms with Gasteiger partial charge in [-0.1, -0.05) is 19.9 Å². The van der Waals surface area contributed by atoms with Crippen LogP contribution in [0.1, 0.15) is 43.7 Å². The molecule has 0 fully saturated rings. The fourth-order valence-electron chi connectivity index (χ4n) is 3.83. The van der Waals surface area contributed by atoms with Gasteiger partial charge in [0.25, 0.3) is 5.56 Å². The molecular formula is C18H18N4O3. The Balaban J connectivity index is 2.01. The molecule has 0 bridgehead atoms. The molecule has 0 radical (unpaired) electrons. The van der Waals surface area contributed by atoms with E-state index in [4.69, 9.17) is 0 Å². The van der Waals surface area contributed by atoms with Crippen LogP contribution in [0.5, 0.6) is 0 Å². The summed E-state index contributed by atoms with van der Waals surface area (Å²) in [6.07, 6.45) is 4.38. The predicted molar refractivity (Wildman–Crippen MR) is 92.4 cm³/mol. The van der Waals surface area contributed by atoms with Gasteiger partial charge in [-0.15, -0.1) is 0 Å². The van der Waals surface area contributed by atoms with Gasteiger partial charge in [-0.25, -0.2) is 4.79 Å². The van der Waals surface area contributed by atoms with Gasteiger partial charge in [0.05, 0.1) is 5.56 Å². The highest BCUT2D eigenvalue weighted by molar-refractivity contribution is 6.01. The van der Waals surface area contributed by atoms with Crippen LogP contribution in [-0.4, -0.2) is 20.7 Å². The highest BCUT2D eigenvalue weighted by Crippen LogP contribution is 2.46. The minimum atomic E-state index is -0.577. The van der Waals surface area contributed by atoms with E-state index in [1.54, 1.807) is 18.5 Å². The normalized spacial score (nSPS) is 21.4. The summed E-state index contributed by atoms with van der Waals surface area (Å²) < 4.78 is 0. The van der Waals surface area contributed by atoms with Crippen LogP contribution in [-0.2, 0) is 4.79 Å². The Labute approximate surface area is 143 Å². The van der Waals surface area contributed by atoms with E-state index in [2.05, 4.69) is 20.3 Å². The minimum Gasteiger partial charge on any atom is -0.344 e. The van der Waals surface area contributed by atoms with E-state index in [9.17, 15) is 14.4 Å². The number of nitrogens with one attached hydrogen (secondary N) is 3. The number of fused-ring (bicyclic) bond motifs is 1. The van der Waals surface area contributed by atoms with Gasteiger partial charge in [-0.05, 0) is 23.5 Å². The smallest absolute Gasteiger partial charge is 0.327 e. The number of aromatic amines is 2. The van der Waals surface area contributed by atoms with Gasteiger partial charge >= 0.3 is 5.69 Å². The lowest BCUT2D eigenvalue weighted by molar-refractivity contribution is -0.118. The maximum absolute atomic E-state index is 12.9. The molecule has 0 aromatic carbocycles. The standard InChI is InChI=1S/C18H18N4O3/c1-18(2)6-10-13(11(23)7-18)12(9-4-3-5-19-8-9)14-15(20-10)21-17(25)22-16(14)24/h3-5,8,12H,6-7H2,1-2H3,(H3,20,21,22,24,25)/t12-/m0/s1. The zero-order chi connectivity index (χ0) is 17.8. The van der Waals surface area contributed by atoms with Crippen LogP contribution >= 0.6 is 0 Å². The van der Waals surface area contributed by atoms with Crippen LogP contribution in [0.25, 0.3) is 0 Å². The molecule has 2 aromatic rings. The molecule has 3 heterocycles. The summed E-state index contributed by atoms with van der Waals surface area (Å²) in [5.74, 6) is -0.167. The van der Waals surface area contributed by atoms with Crippen LogP contribution in [0.4, 0.5) is 5.82 Å². The summed E-state index contributed by atoms with van der Waals surface area (Å²) in [5, 5.41) is 3.13. The van der Waals surface area contributed by atoms with Gasteiger partial charge < -0.3 is 5.32 Å². The number of rotatable bonds is 1. The maximum Gasteiger partial charge on any atom is 0.327 e. The van der Waals surface area contributed by atoms with Crippen molar-refractivity contribution in [3.8, 4) is 0 Å². The number of Topliss-reactive ketones (excluding diaryl/α,β-unsaturated/α-hetero) is 1. The quantitative estimate of drug-likeness (QED) is 0.733. The second kappa shape index (κ2) is 5.27. The first kappa shape index (κ1) is 15.6. The summed E-state index contributed by atoms with van der Waals surface area (Å²) in [6, 6.07) is 3.61. The number of H-pyrrole nitrogens is 2. The van der Waals surface area contributed by atoms with E-state index >= 15 is 0 Å². The number of aromatic nitrogens is 3. The summed E-state index contributed by atoms with van der Waals surface area (Å²) in [6.45, 7) is 4.07. The molecule has 0 saturated carbocycles. The van der Waals surface area contributed by atoms with Gasteiger partial charge in [0.1, 0.15) is 5.82 Å². The van der Waals surface area contributed by atoms with E-state index in [-0.39, 0.29) is 11.2 Å². The predicted octanol–water partition coefficient (Wildman–Crippen LogP) is 1.66. The lowest BCUT2D eigenvalue weighted by atomic mass is 9.69. The monoisotopic (exact) mass is 338 g/mol. The van der Waals surface area contributed by atoms with Crippen LogP contribution < -0.4 is 16.6 Å². The number of pyridine rings is 1. The highest BCUT2D eigenvalue weighted by Gasteiger charge is 2.42. The van der Waals surface area contributed by atoms with Crippen molar-refractivity contribution in [3.05, 3.63) is 67.8 Å². The molecule has 7 nitrogen and oxygen atoms in total. The molecule has 0 amide bonds. The highest BCUT2D eigenvalue weighted by atomic mass is 16.2. The van der Waals surface area contributed by atoms with Crippen molar-refractivity contribution in [1.82, 2.24) is 15.0 Å². The van der Waals surface area contributed by atoms with E-state index in [1.165, 1.54) is 0 Å². The number of anilines is 1. The SMILES string of the molecule is CC1(C)CC(=O)C2=C(C1)Nc1[nH]c(=O)[nH]c(=O)c1[C@H]2c1cccnc1. The van der Waals surface area contributed by atoms with Crippen molar-refractivity contribution < 1.29 is 4.79 Å². The molecule has 25 heavy (non-hydrogen) atoms. The third-order valence-electron chi connectivity index (χ3n) is 4.77. The Bertz CT molecular complexity index is 1010. The number of hydrogen-bond acceptors (Lipinski definition) is 5. The van der Waals surface area contributed by atoms with Crippen LogP contribution in [0.2, 0.25) is 0 Å². The van der Waals surface area contributed by atoms with Crippen LogP contribution in [0.15, 0.2) is 45.4 Å². The number of nitrogens with zero attached hydrogens (tertiary/aromatic N) is 1. The first-order valence-corrected chi connectivity index (χ1v) is 8.15. The number of hydrogen-bond donors (Lipinski definition) is 3. The zero-order valence-electron chi connectivity index (χ0n) is 14.0. The first-order valence-electron chi connectivity index (χ1n) is 8.15. The molecule has 128 valence electrons. The van der Waals surface area contributed by atoms with Crippen LogP contribution in [0, 0.1) is 5.41 Å². The van der Waals surface area contributed by atoms with Crippen molar-refractivity contribution in [1.29, 1.82) is 0 Å². The average Bonchev–Trinajstić information content (AvgIpc) is 2.52. The van der Waals surface area contributed by atoms with Crippen LogP contribution in [0.3, 0.4) is 0 Å². The van der Waals surface area contributed by atoms with Crippen molar-refractivity contribution in [2.45, 2.75) is 32.6 Å². The van der Waals surface area contributed by atoms with E-state index in [0.717, 1.165) is 11.3 Å². The average molecular weight is 338 g/mol. The summed E-state index contributed by atoms with van der Waals surface area (Å²) in [4.78, 5) is 46.2. The van der Waals surface area contributed by atoms with E-state index in [0.29, 0.717) is 29.8 Å². The Morgan fingerprint density at radius 1 is 1.16 bits per heavy atom. The Morgan fingerprint density at radius 3 is 2.68 bits per heavy atom. The van der Waals surface area contributed by atoms with Crippen molar-refractivity contribution in [3.63, 3.8) is 0 Å². The molecular weight excluding hydrogens is 320 g/mol. The molecule has 1 aliphatic carbocycles. The van der Waals surface area contributed by atoms with E-state index in [1.807, 2.05) is 19.9 Å². The number of carbonyl (C=O) groups is 1. The number of carbonyl (C=O) groups excluding carboxylic acids is 1. The minimum absolute atomic E-state index is 0.0175. The largest absolute Gasteiger partial charge is 0.344 e. The molecule has 2 aliphatic rings. The van der Waals surface area contributed by atoms with Gasteiger partial charge in [0.2, 0.25) is 0 Å². The Hall–Kier alpha value is -2.96. The van der Waals surface area contributed by atoms with Gasteiger partial charge in [-0.2, -0.15) is 0 Å². The zero-order valence-corrected chi connectivity index (χ0v) is 14.0. The molecule has 0 unspecified atom stereocenters. The first-order chi connectivity index (χ1) is 11.9. The second-order valence-electron chi connectivity index (χ2n) is 7.37. The summed E-state index contributed by atoms with van der Waals surface area (Å²) in [7, 11) is 0. The van der Waals surface area contributed by atoms with E-state index < -0.39 is 17.2 Å². The number of allylic oxidation sites excluding steroid dienone is 2. The molecule has 2 aromatic heterocycles. The Kier molecular flexibility index (Phi) is 3.28. The third kappa shape index (κ3) is 2.52. The Morgan fingerprint density at radius 2 is 1.96 bits per heavy atom. The topological polar surface area (TPSA) is 108 Å². The maximum atomic E-state index is 12.9. The molecule has 1 aliphatic heterocycles. The van der Waals surface area contributed by atoms with Gasteiger partial charge in [0, 0.05) is 36.0 Å². The fourth-order valence-corrected chi connectivity index (χ4v) is 3.83. The summed E-state index contributed by atoms with van der Waals surface area (Å²) >= 11 is 0. The van der Waals surface area contributed by atoms with Gasteiger partial charge in [0.15, 0.2) is 5.78 Å². The molecule has 7 heteroatoms. The lowest BCUT2D eigenvalue weighted by Gasteiger charge is -2.38. The second-order valence-corrected chi connectivity index (χ2v) is 7.37. The molecule has 0 saturated heterocycles. The van der Waals surface area contributed by atoms with Crippen molar-refractivity contribution in [2.24, 2.45) is 5.41 Å². The molecule has 3 N–H and O–H groups in total. The number of ketones is 1. The van der Waals surface area contributed by atoms with Gasteiger partial charge in [-0.3, -0.25) is 24.5 Å². The molecule has 0 spiro atoms.